The summed E-state index contributed by atoms with van der Waals surface area (Å²) < 4.78 is 0. The molecule has 6 heteroatoms. The van der Waals surface area contributed by atoms with Crippen molar-refractivity contribution in [2.75, 3.05) is 6.54 Å². The van der Waals surface area contributed by atoms with Gasteiger partial charge in [0.2, 0.25) is 0 Å². The second-order valence-electron chi connectivity index (χ2n) is 4.93. The molecule has 0 bridgehead atoms. The topological polar surface area (TPSA) is 93.0 Å². The molecular formula is C15H16ClNO4. The Balaban J connectivity index is 0.00000161. The van der Waals surface area contributed by atoms with Crippen molar-refractivity contribution in [2.45, 2.75) is 12.5 Å². The predicted molar refractivity (Wildman–Crippen MR) is 80.3 cm³/mol. The Morgan fingerprint density at radius 3 is 2.33 bits per heavy atom. The zero-order chi connectivity index (χ0) is 14.3. The van der Waals surface area contributed by atoms with E-state index in [1.165, 1.54) is 18.2 Å². The Morgan fingerprint density at radius 2 is 1.62 bits per heavy atom. The van der Waals surface area contributed by atoms with Crippen LogP contribution >= 0.6 is 12.4 Å². The van der Waals surface area contributed by atoms with E-state index in [4.69, 9.17) is 0 Å². The summed E-state index contributed by atoms with van der Waals surface area (Å²) in [6.45, 7) is 1.14. The smallest absolute Gasteiger partial charge is 0.162 e. The van der Waals surface area contributed by atoms with E-state index in [0.717, 1.165) is 11.1 Å². The van der Waals surface area contributed by atoms with Gasteiger partial charge in [0.15, 0.2) is 23.0 Å². The average Bonchev–Trinajstić information content (AvgIpc) is 2.45. The lowest BCUT2D eigenvalue weighted by Gasteiger charge is -2.27. The molecule has 1 heterocycles. The number of phenols is 4. The third-order valence-corrected chi connectivity index (χ3v) is 3.73. The SMILES string of the molecule is Cl.Oc1ccc([C@H]2CNCc3c2ccc(O)c3O)cc1O. The molecular weight excluding hydrogens is 294 g/mol. The van der Waals surface area contributed by atoms with Gasteiger partial charge in [-0.25, -0.2) is 0 Å². The molecule has 0 spiro atoms. The van der Waals surface area contributed by atoms with Crippen molar-refractivity contribution >= 4 is 12.4 Å². The van der Waals surface area contributed by atoms with Gasteiger partial charge >= 0.3 is 0 Å². The minimum atomic E-state index is -0.169. The van der Waals surface area contributed by atoms with Crippen molar-refractivity contribution in [2.24, 2.45) is 0 Å². The minimum Gasteiger partial charge on any atom is -0.504 e. The second-order valence-corrected chi connectivity index (χ2v) is 4.93. The van der Waals surface area contributed by atoms with Crippen LogP contribution in [0.2, 0.25) is 0 Å². The van der Waals surface area contributed by atoms with E-state index < -0.39 is 0 Å². The van der Waals surface area contributed by atoms with Gasteiger partial charge in [-0.2, -0.15) is 0 Å². The lowest BCUT2D eigenvalue weighted by atomic mass is 9.85. The Kier molecular flexibility index (Phi) is 4.16. The number of benzene rings is 2. The minimum absolute atomic E-state index is 0. The van der Waals surface area contributed by atoms with Gasteiger partial charge in [-0.1, -0.05) is 12.1 Å². The monoisotopic (exact) mass is 309 g/mol. The second kappa shape index (κ2) is 5.71. The van der Waals surface area contributed by atoms with E-state index in [1.54, 1.807) is 12.1 Å². The highest BCUT2D eigenvalue weighted by Gasteiger charge is 2.25. The van der Waals surface area contributed by atoms with Crippen LogP contribution in [0.5, 0.6) is 23.0 Å². The van der Waals surface area contributed by atoms with Gasteiger partial charge in [0.1, 0.15) is 0 Å². The molecule has 0 unspecified atom stereocenters. The largest absolute Gasteiger partial charge is 0.504 e. The third-order valence-electron chi connectivity index (χ3n) is 3.73. The first-order chi connectivity index (χ1) is 9.58. The van der Waals surface area contributed by atoms with Gasteiger partial charge < -0.3 is 25.7 Å². The van der Waals surface area contributed by atoms with E-state index >= 15 is 0 Å². The highest BCUT2D eigenvalue weighted by atomic mass is 35.5. The van der Waals surface area contributed by atoms with E-state index in [0.29, 0.717) is 18.7 Å². The number of halogens is 1. The number of rotatable bonds is 1. The van der Waals surface area contributed by atoms with Crippen LogP contribution < -0.4 is 5.32 Å². The quantitative estimate of drug-likeness (QED) is 0.521. The maximum atomic E-state index is 9.93. The third kappa shape index (κ3) is 2.57. The number of hydrogen-bond donors (Lipinski definition) is 5. The van der Waals surface area contributed by atoms with Crippen LogP contribution in [0.4, 0.5) is 0 Å². The summed E-state index contributed by atoms with van der Waals surface area (Å²) in [5, 5.41) is 41.7. The van der Waals surface area contributed by atoms with Crippen molar-refractivity contribution in [1.82, 2.24) is 5.32 Å². The summed E-state index contributed by atoms with van der Waals surface area (Å²) in [6, 6.07) is 7.94. The molecule has 3 rings (SSSR count). The zero-order valence-corrected chi connectivity index (χ0v) is 11.9. The molecule has 5 N–H and O–H groups in total. The van der Waals surface area contributed by atoms with E-state index in [9.17, 15) is 20.4 Å². The fraction of sp³-hybridized carbons (Fsp3) is 0.200. The summed E-state index contributed by atoms with van der Waals surface area (Å²) in [5.74, 6) is -0.636. The first kappa shape index (κ1) is 15.3. The van der Waals surface area contributed by atoms with E-state index in [-0.39, 0.29) is 41.3 Å². The normalized spacial score (nSPS) is 16.9. The predicted octanol–water partition coefficient (Wildman–Crippen LogP) is 2.17. The Bertz CT molecular complexity index is 675. The molecule has 0 amide bonds. The fourth-order valence-corrected chi connectivity index (χ4v) is 2.66. The molecule has 2 aromatic rings. The van der Waals surface area contributed by atoms with Crippen LogP contribution in [0, 0.1) is 0 Å². The number of nitrogens with one attached hydrogen (secondary N) is 1. The van der Waals surface area contributed by atoms with Crippen molar-refractivity contribution < 1.29 is 20.4 Å². The molecule has 0 fully saturated rings. The van der Waals surface area contributed by atoms with Gasteiger partial charge in [-0.05, 0) is 29.3 Å². The standard InChI is InChI=1S/C15H15NO4.ClH/c17-12-3-1-8(5-14(12)19)10-6-16-7-11-9(10)2-4-13(18)15(11)20;/h1-5,10,16-20H,6-7H2;1H/t10-;/m1./s1. The Morgan fingerprint density at radius 1 is 0.905 bits per heavy atom. The summed E-state index contributed by atoms with van der Waals surface area (Å²) in [5.41, 5.74) is 2.40. The van der Waals surface area contributed by atoms with Crippen LogP contribution in [-0.2, 0) is 6.54 Å². The number of hydrogen-bond acceptors (Lipinski definition) is 5. The van der Waals surface area contributed by atoms with Crippen molar-refractivity contribution in [3.8, 4) is 23.0 Å². The lowest BCUT2D eigenvalue weighted by Crippen LogP contribution is -2.28. The van der Waals surface area contributed by atoms with Crippen LogP contribution in [0.25, 0.3) is 0 Å². The first-order valence-corrected chi connectivity index (χ1v) is 6.34. The molecule has 0 saturated carbocycles. The van der Waals surface area contributed by atoms with Gasteiger partial charge in [-0.3, -0.25) is 0 Å². The van der Waals surface area contributed by atoms with Gasteiger partial charge in [-0.15, -0.1) is 12.4 Å². The van der Waals surface area contributed by atoms with Crippen LogP contribution in [0.15, 0.2) is 30.3 Å². The maximum Gasteiger partial charge on any atom is 0.162 e. The van der Waals surface area contributed by atoms with E-state index in [2.05, 4.69) is 5.32 Å². The number of aromatic hydroxyl groups is 4. The fourth-order valence-electron chi connectivity index (χ4n) is 2.66. The summed E-state index contributed by atoms with van der Waals surface area (Å²) in [6.07, 6.45) is 0. The molecule has 0 aliphatic carbocycles. The van der Waals surface area contributed by atoms with E-state index in [1.807, 2.05) is 0 Å². The van der Waals surface area contributed by atoms with Crippen molar-refractivity contribution in [3.63, 3.8) is 0 Å². The Hall–Kier alpha value is -2.11. The lowest BCUT2D eigenvalue weighted by molar-refractivity contribution is 0.392. The molecule has 0 radical (unpaired) electrons. The van der Waals surface area contributed by atoms with Crippen LogP contribution in [0.3, 0.4) is 0 Å². The molecule has 0 aromatic heterocycles. The Labute approximate surface area is 127 Å². The van der Waals surface area contributed by atoms with Crippen molar-refractivity contribution in [3.05, 3.63) is 47.0 Å². The summed E-state index contributed by atoms with van der Waals surface area (Å²) in [4.78, 5) is 0. The molecule has 21 heavy (non-hydrogen) atoms. The molecule has 1 atom stereocenters. The molecule has 2 aromatic carbocycles. The summed E-state index contributed by atoms with van der Waals surface area (Å²) >= 11 is 0. The highest BCUT2D eigenvalue weighted by Crippen LogP contribution is 2.40. The molecule has 5 nitrogen and oxygen atoms in total. The van der Waals surface area contributed by atoms with Crippen molar-refractivity contribution in [1.29, 1.82) is 0 Å². The average molecular weight is 310 g/mol. The van der Waals surface area contributed by atoms with Gasteiger partial charge in [0, 0.05) is 24.6 Å². The van der Waals surface area contributed by atoms with Gasteiger partial charge in [0.25, 0.3) is 0 Å². The number of fused-ring (bicyclic) bond motifs is 1. The van der Waals surface area contributed by atoms with Gasteiger partial charge in [0.05, 0.1) is 0 Å². The maximum absolute atomic E-state index is 9.93. The van der Waals surface area contributed by atoms with Crippen LogP contribution in [0.1, 0.15) is 22.6 Å². The zero-order valence-electron chi connectivity index (χ0n) is 11.1. The van der Waals surface area contributed by atoms with Crippen LogP contribution in [-0.4, -0.2) is 27.0 Å². The first-order valence-electron chi connectivity index (χ1n) is 6.34. The molecule has 0 saturated heterocycles. The highest BCUT2D eigenvalue weighted by molar-refractivity contribution is 5.85. The summed E-state index contributed by atoms with van der Waals surface area (Å²) in [7, 11) is 0. The molecule has 112 valence electrons. The number of phenolic OH excluding ortho intramolecular Hbond substituents is 4. The molecule has 1 aliphatic heterocycles. The molecule has 1 aliphatic rings.